The molecule has 1 unspecified atom stereocenters. The van der Waals surface area contributed by atoms with Crippen molar-refractivity contribution in [3.05, 3.63) is 41.0 Å². The highest BCUT2D eigenvalue weighted by atomic mass is 32.2. The lowest BCUT2D eigenvalue weighted by Gasteiger charge is -2.42. The van der Waals surface area contributed by atoms with Crippen LogP contribution in [0.15, 0.2) is 35.6 Å². The van der Waals surface area contributed by atoms with Crippen LogP contribution < -0.4 is 10.2 Å². The molecule has 0 spiro atoms. The van der Waals surface area contributed by atoms with E-state index in [1.54, 1.807) is 36.4 Å². The number of para-hydroxylation sites is 2. The van der Waals surface area contributed by atoms with Gasteiger partial charge in [-0.3, -0.25) is 14.5 Å². The number of fused-ring (bicyclic) bond motifs is 4. The van der Waals surface area contributed by atoms with Crippen LogP contribution in [0.25, 0.3) is 10.2 Å². The van der Waals surface area contributed by atoms with Gasteiger partial charge in [0.05, 0.1) is 17.1 Å². The Kier molecular flexibility index (Phi) is 5.01. The lowest BCUT2D eigenvalue weighted by Crippen LogP contribution is -2.58. The molecule has 5 rings (SSSR count). The molecule has 1 atom stereocenters. The normalized spacial score (nSPS) is 19.6. The molecule has 2 aromatic heterocycles. The first-order valence-corrected chi connectivity index (χ1v) is 12.3. The Bertz CT molecular complexity index is 1200. The smallest absolute Gasteiger partial charge is 0.250 e. The average molecular weight is 453 g/mol. The van der Waals surface area contributed by atoms with Gasteiger partial charge in [-0.05, 0) is 56.7 Å². The van der Waals surface area contributed by atoms with Crippen molar-refractivity contribution in [2.24, 2.45) is 5.92 Å². The number of hydrogen-bond acceptors (Lipinski definition) is 6. The molecule has 0 bridgehead atoms. The molecule has 1 aliphatic heterocycles. The van der Waals surface area contributed by atoms with Crippen molar-refractivity contribution in [3.63, 3.8) is 0 Å². The van der Waals surface area contributed by atoms with E-state index in [-0.39, 0.29) is 17.6 Å². The molecule has 31 heavy (non-hydrogen) atoms. The minimum atomic E-state index is -0.968. The largest absolute Gasteiger partial charge is 0.322 e. The van der Waals surface area contributed by atoms with Gasteiger partial charge < -0.3 is 5.32 Å². The van der Waals surface area contributed by atoms with Gasteiger partial charge in [0.2, 0.25) is 11.8 Å². The number of hydrogen-bond donors (Lipinski definition) is 1. The lowest BCUT2D eigenvalue weighted by molar-refractivity contribution is -0.125. The Morgan fingerprint density at radius 3 is 2.97 bits per heavy atom. The summed E-state index contributed by atoms with van der Waals surface area (Å²) in [6, 6.07) is 7.43. The molecular formula is C23H24N4O2S2. The maximum absolute atomic E-state index is 13.4. The van der Waals surface area contributed by atoms with E-state index in [2.05, 4.69) is 22.2 Å². The number of amides is 2. The first-order chi connectivity index (χ1) is 14.9. The summed E-state index contributed by atoms with van der Waals surface area (Å²) < 4.78 is 0. The molecule has 0 fully saturated rings. The van der Waals surface area contributed by atoms with Gasteiger partial charge in [0, 0.05) is 10.3 Å². The van der Waals surface area contributed by atoms with Gasteiger partial charge >= 0.3 is 0 Å². The molecule has 8 heteroatoms. The number of rotatable bonds is 3. The van der Waals surface area contributed by atoms with E-state index in [4.69, 9.17) is 0 Å². The van der Waals surface area contributed by atoms with Gasteiger partial charge in [-0.25, -0.2) is 9.97 Å². The van der Waals surface area contributed by atoms with E-state index < -0.39 is 5.54 Å². The molecule has 0 saturated carbocycles. The van der Waals surface area contributed by atoms with E-state index in [9.17, 15) is 9.59 Å². The van der Waals surface area contributed by atoms with E-state index in [0.717, 1.165) is 33.8 Å². The molecule has 0 saturated heterocycles. The summed E-state index contributed by atoms with van der Waals surface area (Å²) in [5.74, 6) is 0.605. The highest BCUT2D eigenvalue weighted by Crippen LogP contribution is 2.41. The van der Waals surface area contributed by atoms with Crippen molar-refractivity contribution >= 4 is 56.5 Å². The second-order valence-electron chi connectivity index (χ2n) is 8.76. The Hall–Kier alpha value is -2.45. The summed E-state index contributed by atoms with van der Waals surface area (Å²) in [7, 11) is 0. The summed E-state index contributed by atoms with van der Waals surface area (Å²) in [6.45, 7) is 5.85. The van der Waals surface area contributed by atoms with Gasteiger partial charge in [0.1, 0.15) is 21.7 Å². The quantitative estimate of drug-likeness (QED) is 0.462. The number of carbonyl (C=O) groups is 2. The van der Waals surface area contributed by atoms with Crippen LogP contribution in [0.4, 0.5) is 11.4 Å². The zero-order valence-corrected chi connectivity index (χ0v) is 19.4. The van der Waals surface area contributed by atoms with E-state index in [0.29, 0.717) is 11.6 Å². The molecule has 1 aliphatic carbocycles. The minimum Gasteiger partial charge on any atom is -0.322 e. The van der Waals surface area contributed by atoms with Crippen molar-refractivity contribution in [1.82, 2.24) is 9.97 Å². The van der Waals surface area contributed by atoms with Crippen LogP contribution in [0.1, 0.15) is 37.6 Å². The Labute approximate surface area is 189 Å². The lowest BCUT2D eigenvalue weighted by atomic mass is 9.89. The number of nitrogens with one attached hydrogen (secondary N) is 1. The van der Waals surface area contributed by atoms with Crippen LogP contribution in [0.2, 0.25) is 0 Å². The minimum absolute atomic E-state index is 0.109. The molecule has 1 aromatic carbocycles. The number of thioether (sulfide) groups is 1. The van der Waals surface area contributed by atoms with Gasteiger partial charge in [-0.15, -0.1) is 11.3 Å². The first kappa shape index (κ1) is 20.5. The van der Waals surface area contributed by atoms with Crippen molar-refractivity contribution < 1.29 is 9.59 Å². The van der Waals surface area contributed by atoms with Gasteiger partial charge in [-0.1, -0.05) is 30.8 Å². The molecule has 6 nitrogen and oxygen atoms in total. The number of carbonyl (C=O) groups excluding carboxylic acids is 2. The zero-order chi connectivity index (χ0) is 21.8. The monoisotopic (exact) mass is 452 g/mol. The van der Waals surface area contributed by atoms with Crippen molar-refractivity contribution in [3.8, 4) is 0 Å². The molecule has 0 radical (unpaired) electrons. The Morgan fingerprint density at radius 2 is 2.13 bits per heavy atom. The van der Waals surface area contributed by atoms with Gasteiger partial charge in [0.25, 0.3) is 0 Å². The predicted octanol–water partition coefficient (Wildman–Crippen LogP) is 4.67. The topological polar surface area (TPSA) is 75.2 Å². The molecular weight excluding hydrogens is 428 g/mol. The van der Waals surface area contributed by atoms with Crippen LogP contribution in [0.3, 0.4) is 0 Å². The number of aryl methyl sites for hydroxylation is 1. The summed E-state index contributed by atoms with van der Waals surface area (Å²) in [6.07, 6.45) is 4.89. The fraction of sp³-hybridized carbons (Fsp3) is 0.391. The fourth-order valence-corrected chi connectivity index (χ4v) is 6.74. The molecule has 3 heterocycles. The number of benzene rings is 1. The Balaban J connectivity index is 1.45. The summed E-state index contributed by atoms with van der Waals surface area (Å²) in [5.41, 5.74) is 1.78. The van der Waals surface area contributed by atoms with Gasteiger partial charge in [0.15, 0.2) is 0 Å². The third-order valence-electron chi connectivity index (χ3n) is 6.15. The van der Waals surface area contributed by atoms with Crippen LogP contribution in [0.5, 0.6) is 0 Å². The predicted molar refractivity (Wildman–Crippen MR) is 126 cm³/mol. The highest BCUT2D eigenvalue weighted by molar-refractivity contribution is 8.00. The van der Waals surface area contributed by atoms with E-state index >= 15 is 0 Å². The fourth-order valence-electron chi connectivity index (χ4n) is 4.45. The standard InChI is InChI=1S/C23H24N4O2S2/c1-13-8-9-14-17(10-13)31-21-19(14)20(24-12-25-21)30-11-18(28)27-16-7-5-4-6-15(16)26-22(29)23(27,2)3/h4-7,12-13H,8-11H2,1-3H3,(H,26,29). The van der Waals surface area contributed by atoms with Crippen LogP contribution in [-0.2, 0) is 22.4 Å². The maximum atomic E-state index is 13.4. The van der Waals surface area contributed by atoms with E-state index in [1.165, 1.54) is 28.6 Å². The Morgan fingerprint density at radius 1 is 1.32 bits per heavy atom. The molecule has 160 valence electrons. The molecule has 1 N–H and O–H groups in total. The number of thiophene rings is 1. The van der Waals surface area contributed by atoms with E-state index in [1.807, 2.05) is 24.3 Å². The van der Waals surface area contributed by atoms with Gasteiger partial charge in [-0.2, -0.15) is 0 Å². The van der Waals surface area contributed by atoms with Crippen LogP contribution in [-0.4, -0.2) is 33.1 Å². The number of nitrogens with zero attached hydrogens (tertiary/aromatic N) is 3. The summed E-state index contributed by atoms with van der Waals surface area (Å²) >= 11 is 3.20. The number of anilines is 2. The van der Waals surface area contributed by atoms with Crippen molar-refractivity contribution in [2.45, 2.75) is 50.6 Å². The summed E-state index contributed by atoms with van der Waals surface area (Å²) in [4.78, 5) is 39.1. The highest BCUT2D eigenvalue weighted by Gasteiger charge is 2.43. The third-order valence-corrected chi connectivity index (χ3v) is 8.28. The zero-order valence-electron chi connectivity index (χ0n) is 17.8. The summed E-state index contributed by atoms with van der Waals surface area (Å²) in [5, 5.41) is 4.88. The number of aromatic nitrogens is 2. The second kappa shape index (κ2) is 7.60. The third kappa shape index (κ3) is 3.42. The molecule has 2 amide bonds. The van der Waals surface area contributed by atoms with Crippen molar-refractivity contribution in [2.75, 3.05) is 16.0 Å². The first-order valence-electron chi connectivity index (χ1n) is 10.5. The SMILES string of the molecule is CC1CCc2c(sc3ncnc(SCC(=O)N4c5ccccc5NC(=O)C4(C)C)c23)C1. The molecule has 2 aliphatic rings. The molecule has 3 aromatic rings. The van der Waals surface area contributed by atoms with Crippen LogP contribution in [0, 0.1) is 5.92 Å². The average Bonchev–Trinajstić information content (AvgIpc) is 3.10. The van der Waals surface area contributed by atoms with Crippen LogP contribution >= 0.6 is 23.1 Å². The second-order valence-corrected chi connectivity index (χ2v) is 10.8. The van der Waals surface area contributed by atoms with Crippen molar-refractivity contribution in [1.29, 1.82) is 0 Å². The maximum Gasteiger partial charge on any atom is 0.250 e.